The van der Waals surface area contributed by atoms with Crippen molar-refractivity contribution in [3.05, 3.63) is 12.2 Å². The predicted molar refractivity (Wildman–Crippen MR) is 45.1 cm³/mol. The highest BCUT2D eigenvalue weighted by molar-refractivity contribution is 5.83. The number of nitrogens with zero attached hydrogens (tertiary/aromatic N) is 3. The third-order valence-corrected chi connectivity index (χ3v) is 1.71. The summed E-state index contributed by atoms with van der Waals surface area (Å²) in [5.74, 6) is -0.842. The molecule has 0 saturated carbocycles. The minimum Gasteiger partial charge on any atom is -0.293 e. The lowest BCUT2D eigenvalue weighted by molar-refractivity contribution is -0.128. The highest BCUT2D eigenvalue weighted by Crippen LogP contribution is 2.08. The first-order valence-corrected chi connectivity index (χ1v) is 4.21. The number of hydrogen-bond acceptors (Lipinski definition) is 3. The van der Waals surface area contributed by atoms with E-state index in [1.54, 1.807) is 0 Å². The summed E-state index contributed by atoms with van der Waals surface area (Å²) in [5.41, 5.74) is 0. The van der Waals surface area contributed by atoms with Crippen LogP contribution in [0.5, 0.6) is 0 Å². The largest absolute Gasteiger partial charge is 0.296 e. The van der Waals surface area contributed by atoms with Gasteiger partial charge in [-0.2, -0.15) is 5.10 Å². The van der Waals surface area contributed by atoms with Crippen LogP contribution in [0.1, 0.15) is 25.7 Å². The van der Waals surface area contributed by atoms with Crippen LogP contribution in [0.3, 0.4) is 0 Å². The van der Waals surface area contributed by atoms with E-state index in [2.05, 4.69) is 10.1 Å². The molecule has 0 amide bonds. The summed E-state index contributed by atoms with van der Waals surface area (Å²) >= 11 is 0. The van der Waals surface area contributed by atoms with Crippen LogP contribution < -0.4 is 0 Å². The molecule has 1 aromatic rings. The van der Waals surface area contributed by atoms with Crippen molar-refractivity contribution >= 4 is 5.78 Å². The van der Waals surface area contributed by atoms with E-state index >= 15 is 0 Å². The Balaban J connectivity index is 2.76. The molecule has 0 fully saturated rings. The lowest BCUT2D eigenvalue weighted by Crippen LogP contribution is -2.17. The minimum atomic E-state index is -2.94. The Labute approximate surface area is 79.9 Å². The zero-order chi connectivity index (χ0) is 10.7. The summed E-state index contributed by atoms with van der Waals surface area (Å²) in [6, 6.07) is 0.0120. The number of hydrogen-bond donors (Lipinski definition) is 0. The molecule has 0 saturated heterocycles. The molecule has 6 heteroatoms. The third kappa shape index (κ3) is 2.34. The summed E-state index contributed by atoms with van der Waals surface area (Å²) in [5, 5.41) is 3.84. The van der Waals surface area contributed by atoms with Gasteiger partial charge in [0.25, 0.3) is 6.43 Å². The Hall–Kier alpha value is -1.33. The standard InChI is InChI=1S/C8H11F2N3O/c1-5(2)13-7(11-4-12-13)3-6(14)8(9)10/h4-5,8H,3H2,1-2H3. The van der Waals surface area contributed by atoms with Gasteiger partial charge in [0, 0.05) is 6.04 Å². The van der Waals surface area contributed by atoms with Gasteiger partial charge in [-0.15, -0.1) is 0 Å². The monoisotopic (exact) mass is 203 g/mol. The van der Waals surface area contributed by atoms with Crippen LogP contribution in [0, 0.1) is 0 Å². The van der Waals surface area contributed by atoms with Crippen molar-refractivity contribution in [2.75, 3.05) is 0 Å². The van der Waals surface area contributed by atoms with Crippen molar-refractivity contribution in [1.82, 2.24) is 14.8 Å². The van der Waals surface area contributed by atoms with E-state index in [1.165, 1.54) is 11.0 Å². The summed E-state index contributed by atoms with van der Waals surface area (Å²) in [6.07, 6.45) is -2.04. The van der Waals surface area contributed by atoms with Crippen molar-refractivity contribution in [2.24, 2.45) is 0 Å². The fourth-order valence-corrected chi connectivity index (χ4v) is 1.06. The average Bonchev–Trinajstić information content (AvgIpc) is 2.52. The molecular formula is C8H11F2N3O. The molecule has 1 heterocycles. The maximum atomic E-state index is 11.9. The van der Waals surface area contributed by atoms with Crippen LogP contribution in [-0.2, 0) is 11.2 Å². The molecule has 0 unspecified atom stereocenters. The topological polar surface area (TPSA) is 47.8 Å². The number of alkyl halides is 2. The van der Waals surface area contributed by atoms with Crippen LogP contribution in [0.25, 0.3) is 0 Å². The average molecular weight is 203 g/mol. The van der Waals surface area contributed by atoms with Crippen molar-refractivity contribution in [1.29, 1.82) is 0 Å². The summed E-state index contributed by atoms with van der Waals surface area (Å²) < 4.78 is 25.4. The normalized spacial score (nSPS) is 11.3. The Bertz CT molecular complexity index is 322. The van der Waals surface area contributed by atoms with E-state index in [0.717, 1.165) is 0 Å². The Morgan fingerprint density at radius 3 is 2.71 bits per heavy atom. The van der Waals surface area contributed by atoms with Gasteiger partial charge in [0.15, 0.2) is 0 Å². The SMILES string of the molecule is CC(C)n1ncnc1CC(=O)C(F)F. The van der Waals surface area contributed by atoms with E-state index in [4.69, 9.17) is 0 Å². The highest BCUT2D eigenvalue weighted by atomic mass is 19.3. The Morgan fingerprint density at radius 2 is 2.21 bits per heavy atom. The van der Waals surface area contributed by atoms with Gasteiger partial charge in [-0.05, 0) is 13.8 Å². The molecule has 14 heavy (non-hydrogen) atoms. The molecule has 0 atom stereocenters. The zero-order valence-electron chi connectivity index (χ0n) is 7.94. The molecule has 0 aliphatic carbocycles. The van der Waals surface area contributed by atoms with Crippen LogP contribution in [-0.4, -0.2) is 27.0 Å². The summed E-state index contributed by atoms with van der Waals surface area (Å²) in [4.78, 5) is 14.5. The number of carbonyl (C=O) groups excluding carboxylic acids is 1. The maximum Gasteiger partial charge on any atom is 0.296 e. The first-order chi connectivity index (χ1) is 6.52. The first kappa shape index (κ1) is 10.7. The second-order valence-electron chi connectivity index (χ2n) is 3.16. The van der Waals surface area contributed by atoms with Gasteiger partial charge >= 0.3 is 0 Å². The third-order valence-electron chi connectivity index (χ3n) is 1.71. The molecule has 0 spiro atoms. The van der Waals surface area contributed by atoms with Crippen molar-refractivity contribution in [3.8, 4) is 0 Å². The maximum absolute atomic E-state index is 11.9. The molecule has 0 N–H and O–H groups in total. The number of carbonyl (C=O) groups is 1. The molecule has 1 aromatic heterocycles. The van der Waals surface area contributed by atoms with Crippen LogP contribution >= 0.6 is 0 Å². The Kier molecular flexibility index (Phi) is 3.27. The van der Waals surface area contributed by atoms with E-state index in [1.807, 2.05) is 13.8 Å². The molecule has 1 rings (SSSR count). The second-order valence-corrected chi connectivity index (χ2v) is 3.16. The highest BCUT2D eigenvalue weighted by Gasteiger charge is 2.19. The van der Waals surface area contributed by atoms with Gasteiger partial charge in [-0.25, -0.2) is 18.4 Å². The van der Waals surface area contributed by atoms with Gasteiger partial charge in [-0.3, -0.25) is 4.79 Å². The number of aromatic nitrogens is 3. The zero-order valence-corrected chi connectivity index (χ0v) is 7.94. The van der Waals surface area contributed by atoms with Crippen molar-refractivity contribution in [2.45, 2.75) is 32.7 Å². The van der Waals surface area contributed by atoms with Crippen molar-refractivity contribution < 1.29 is 13.6 Å². The molecule has 0 aromatic carbocycles. The van der Waals surface area contributed by atoms with Gasteiger partial charge in [0.05, 0.1) is 6.42 Å². The van der Waals surface area contributed by atoms with E-state index in [-0.39, 0.29) is 18.3 Å². The smallest absolute Gasteiger partial charge is 0.293 e. The van der Waals surface area contributed by atoms with Crippen LogP contribution in [0.4, 0.5) is 8.78 Å². The lowest BCUT2D eigenvalue weighted by Gasteiger charge is -2.08. The van der Waals surface area contributed by atoms with Gasteiger partial charge < -0.3 is 0 Å². The Morgan fingerprint density at radius 1 is 1.57 bits per heavy atom. The lowest BCUT2D eigenvalue weighted by atomic mass is 10.2. The molecule has 0 aliphatic heterocycles. The van der Waals surface area contributed by atoms with E-state index < -0.39 is 12.2 Å². The molecular weight excluding hydrogens is 192 g/mol. The quantitative estimate of drug-likeness (QED) is 0.739. The minimum absolute atomic E-state index is 0.0120. The van der Waals surface area contributed by atoms with Gasteiger partial charge in [0.1, 0.15) is 12.2 Å². The predicted octanol–water partition coefficient (Wildman–Crippen LogP) is 1.24. The first-order valence-electron chi connectivity index (χ1n) is 4.21. The van der Waals surface area contributed by atoms with E-state index in [9.17, 15) is 13.6 Å². The summed E-state index contributed by atoms with van der Waals surface area (Å²) in [7, 11) is 0. The van der Waals surface area contributed by atoms with E-state index in [0.29, 0.717) is 0 Å². The number of ketones is 1. The van der Waals surface area contributed by atoms with Gasteiger partial charge in [0.2, 0.25) is 5.78 Å². The fourth-order valence-electron chi connectivity index (χ4n) is 1.06. The number of Topliss-reactive ketones (excluding diaryl/α,β-unsaturated/α-hetero) is 1. The van der Waals surface area contributed by atoms with Crippen LogP contribution in [0.2, 0.25) is 0 Å². The fraction of sp³-hybridized carbons (Fsp3) is 0.625. The second kappa shape index (κ2) is 4.26. The molecule has 0 bridgehead atoms. The summed E-state index contributed by atoms with van der Waals surface area (Å²) in [6.45, 7) is 3.68. The van der Waals surface area contributed by atoms with Crippen molar-refractivity contribution in [3.63, 3.8) is 0 Å². The molecule has 4 nitrogen and oxygen atoms in total. The number of rotatable bonds is 4. The molecule has 0 radical (unpaired) electrons. The number of halogens is 2. The molecule has 78 valence electrons. The van der Waals surface area contributed by atoms with Crippen LogP contribution in [0.15, 0.2) is 6.33 Å². The van der Waals surface area contributed by atoms with Gasteiger partial charge in [-0.1, -0.05) is 0 Å². The molecule has 0 aliphatic rings.